The first-order chi connectivity index (χ1) is 14.0. The molecule has 0 radical (unpaired) electrons. The lowest BCUT2D eigenvalue weighted by Crippen LogP contribution is -2.37. The van der Waals surface area contributed by atoms with Crippen LogP contribution in [0.1, 0.15) is 25.0 Å². The monoisotopic (exact) mass is 480 g/mol. The van der Waals surface area contributed by atoms with E-state index >= 15 is 0 Å². The van der Waals surface area contributed by atoms with Gasteiger partial charge < -0.3 is 24.8 Å². The summed E-state index contributed by atoms with van der Waals surface area (Å²) in [5.41, 5.74) is 1.26. The molecular weight excluding hydrogens is 458 g/mol. The zero-order chi connectivity index (χ0) is 22.5. The van der Waals surface area contributed by atoms with Gasteiger partial charge in [-0.25, -0.2) is 4.39 Å². The lowest BCUT2D eigenvalue weighted by Gasteiger charge is -2.28. The Kier molecular flexibility index (Phi) is 8.62. The molecule has 166 valence electrons. The summed E-state index contributed by atoms with van der Waals surface area (Å²) in [5, 5.41) is 28.8. The van der Waals surface area contributed by atoms with E-state index in [1.165, 1.54) is 0 Å². The van der Waals surface area contributed by atoms with Gasteiger partial charge in [0.15, 0.2) is 5.75 Å². The van der Waals surface area contributed by atoms with E-state index < -0.39 is 36.5 Å². The maximum atomic E-state index is 12.3. The molecule has 0 aromatic heterocycles. The number of hydrogen-bond donors (Lipinski definition) is 3. The first kappa shape index (κ1) is 25.0. The molecule has 9 heteroatoms. The first-order valence-corrected chi connectivity index (χ1v) is 10.4. The van der Waals surface area contributed by atoms with Crippen molar-refractivity contribution >= 4 is 34.8 Å². The summed E-state index contributed by atoms with van der Waals surface area (Å²) in [7, 11) is 0. The van der Waals surface area contributed by atoms with Gasteiger partial charge in [0, 0.05) is 5.41 Å². The van der Waals surface area contributed by atoms with Crippen molar-refractivity contribution in [2.75, 3.05) is 25.8 Å². The van der Waals surface area contributed by atoms with Crippen molar-refractivity contribution in [2.45, 2.75) is 31.2 Å². The Hall–Kier alpha value is -1.28. The lowest BCUT2D eigenvalue weighted by atomic mass is 9.78. The van der Waals surface area contributed by atoms with E-state index in [-0.39, 0.29) is 22.4 Å². The average molecular weight is 482 g/mol. The van der Waals surface area contributed by atoms with Crippen LogP contribution in [0.15, 0.2) is 36.4 Å². The highest BCUT2D eigenvalue weighted by atomic mass is 35.5. The maximum Gasteiger partial charge on any atom is 0.211 e. The molecule has 3 N–H and O–H groups in total. The predicted molar refractivity (Wildman–Crippen MR) is 116 cm³/mol. The van der Waals surface area contributed by atoms with Crippen molar-refractivity contribution < 1.29 is 29.2 Å². The molecule has 0 aliphatic heterocycles. The number of aliphatic hydroxyl groups excluding tert-OH is 1. The molecule has 0 saturated carbocycles. The van der Waals surface area contributed by atoms with Gasteiger partial charge in [-0.3, -0.25) is 0 Å². The summed E-state index contributed by atoms with van der Waals surface area (Å²) in [6.45, 7) is 2.49. The molecule has 0 saturated heterocycles. The quantitative estimate of drug-likeness (QED) is 0.348. The molecule has 0 amide bonds. The Bertz CT molecular complexity index is 820. The molecule has 30 heavy (non-hydrogen) atoms. The number of benzene rings is 2. The zero-order valence-corrected chi connectivity index (χ0v) is 18.8. The molecule has 0 aliphatic rings. The molecule has 5 nitrogen and oxygen atoms in total. The number of aliphatic hydroxyl groups is 3. The standard InChI is InChI=1S/C21H24Cl3FO5/c1-20(2,13-3-5-16(6-4-13)29-10-15(26)9-25)14-7-17(23)19(18(24)8-14)30-12-21(27,28)11-22/h3-8,15,26-28H,9-12H2,1-2H3/t15-/m1/s1. The normalized spacial score (nSPS) is 13.2. The van der Waals surface area contributed by atoms with Gasteiger partial charge in [0.05, 0.1) is 15.9 Å². The summed E-state index contributed by atoms with van der Waals surface area (Å²) in [5.74, 6) is -1.99. The SMILES string of the molecule is CC(C)(c1ccc(OC[C@H](O)CF)cc1)c1cc(Cl)c(OCC(O)(O)CCl)c(Cl)c1. The van der Waals surface area contributed by atoms with Gasteiger partial charge in [0.1, 0.15) is 31.7 Å². The van der Waals surface area contributed by atoms with Crippen LogP contribution >= 0.6 is 34.8 Å². The summed E-state index contributed by atoms with van der Waals surface area (Å²) in [6.07, 6.45) is -1.16. The van der Waals surface area contributed by atoms with Crippen molar-refractivity contribution in [2.24, 2.45) is 0 Å². The van der Waals surface area contributed by atoms with Crippen molar-refractivity contribution in [3.63, 3.8) is 0 Å². The predicted octanol–water partition coefficient (Wildman–Crippen LogP) is 4.33. The molecule has 0 aliphatic carbocycles. The smallest absolute Gasteiger partial charge is 0.211 e. The first-order valence-electron chi connectivity index (χ1n) is 9.10. The van der Waals surface area contributed by atoms with Crippen LogP contribution in [0.4, 0.5) is 4.39 Å². The molecule has 0 heterocycles. The number of ether oxygens (including phenoxy) is 2. The minimum Gasteiger partial charge on any atom is -0.491 e. The van der Waals surface area contributed by atoms with Crippen LogP contribution in [0.5, 0.6) is 11.5 Å². The van der Waals surface area contributed by atoms with E-state index in [4.69, 9.17) is 44.3 Å². The van der Waals surface area contributed by atoms with E-state index in [9.17, 15) is 19.7 Å². The molecule has 2 rings (SSSR count). The van der Waals surface area contributed by atoms with E-state index in [0.717, 1.165) is 11.1 Å². The van der Waals surface area contributed by atoms with Crippen molar-refractivity contribution in [3.8, 4) is 11.5 Å². The Morgan fingerprint density at radius 1 is 1.00 bits per heavy atom. The summed E-state index contributed by atoms with van der Waals surface area (Å²) in [6, 6.07) is 10.6. The molecule has 0 unspecified atom stereocenters. The number of rotatable bonds is 10. The number of alkyl halides is 2. The van der Waals surface area contributed by atoms with Gasteiger partial charge in [-0.15, -0.1) is 11.6 Å². The molecule has 2 aromatic carbocycles. The fourth-order valence-electron chi connectivity index (χ4n) is 2.66. The van der Waals surface area contributed by atoms with Gasteiger partial charge in [0.2, 0.25) is 5.79 Å². The third-order valence-corrected chi connectivity index (χ3v) is 5.57. The third-order valence-electron chi connectivity index (χ3n) is 4.58. The highest BCUT2D eigenvalue weighted by Crippen LogP contribution is 2.41. The molecule has 0 spiro atoms. The van der Waals surface area contributed by atoms with Crippen LogP contribution in [-0.2, 0) is 5.41 Å². The van der Waals surface area contributed by atoms with Crippen LogP contribution in [0.3, 0.4) is 0 Å². The molecular formula is C21H24Cl3FO5. The Morgan fingerprint density at radius 2 is 1.57 bits per heavy atom. The second-order valence-electron chi connectivity index (χ2n) is 7.44. The number of hydrogen-bond acceptors (Lipinski definition) is 5. The Labute approximate surface area is 189 Å². The second-order valence-corrected chi connectivity index (χ2v) is 8.52. The van der Waals surface area contributed by atoms with Gasteiger partial charge in [-0.1, -0.05) is 49.2 Å². The zero-order valence-electron chi connectivity index (χ0n) is 16.5. The minimum atomic E-state index is -2.20. The summed E-state index contributed by atoms with van der Waals surface area (Å²) in [4.78, 5) is 0. The fraction of sp³-hybridized carbons (Fsp3) is 0.429. The highest BCUT2D eigenvalue weighted by molar-refractivity contribution is 6.37. The van der Waals surface area contributed by atoms with Crippen molar-refractivity contribution in [3.05, 3.63) is 57.6 Å². The molecule has 1 atom stereocenters. The Balaban J connectivity index is 2.21. The van der Waals surface area contributed by atoms with Gasteiger partial charge in [0.25, 0.3) is 0 Å². The fourth-order valence-corrected chi connectivity index (χ4v) is 3.33. The van der Waals surface area contributed by atoms with Crippen molar-refractivity contribution in [1.82, 2.24) is 0 Å². The lowest BCUT2D eigenvalue weighted by molar-refractivity contribution is -0.162. The molecule has 0 bridgehead atoms. The summed E-state index contributed by atoms with van der Waals surface area (Å²) >= 11 is 18.1. The van der Waals surface area contributed by atoms with Crippen molar-refractivity contribution in [1.29, 1.82) is 0 Å². The van der Waals surface area contributed by atoms with Crippen LogP contribution in [0.25, 0.3) is 0 Å². The van der Waals surface area contributed by atoms with Gasteiger partial charge >= 0.3 is 0 Å². The van der Waals surface area contributed by atoms with E-state index in [0.29, 0.717) is 5.75 Å². The van der Waals surface area contributed by atoms with Gasteiger partial charge in [-0.2, -0.15) is 0 Å². The average Bonchev–Trinajstić information content (AvgIpc) is 2.71. The van der Waals surface area contributed by atoms with Crippen LogP contribution in [0, 0.1) is 0 Å². The Morgan fingerprint density at radius 3 is 2.07 bits per heavy atom. The third kappa shape index (κ3) is 6.36. The van der Waals surface area contributed by atoms with E-state index in [1.54, 1.807) is 24.3 Å². The largest absolute Gasteiger partial charge is 0.491 e. The number of halogens is 4. The minimum absolute atomic E-state index is 0.126. The molecule has 2 aromatic rings. The summed E-state index contributed by atoms with van der Waals surface area (Å²) < 4.78 is 23.0. The van der Waals surface area contributed by atoms with Crippen LogP contribution in [-0.4, -0.2) is 53.0 Å². The highest BCUT2D eigenvalue weighted by Gasteiger charge is 2.27. The van der Waals surface area contributed by atoms with E-state index in [2.05, 4.69) is 0 Å². The van der Waals surface area contributed by atoms with Crippen LogP contribution < -0.4 is 9.47 Å². The van der Waals surface area contributed by atoms with E-state index in [1.807, 2.05) is 26.0 Å². The van der Waals surface area contributed by atoms with Gasteiger partial charge in [-0.05, 0) is 35.4 Å². The molecule has 0 fully saturated rings. The maximum absolute atomic E-state index is 12.3. The second kappa shape index (κ2) is 10.4. The topological polar surface area (TPSA) is 79.2 Å². The van der Waals surface area contributed by atoms with Crippen LogP contribution in [0.2, 0.25) is 10.0 Å².